The second-order valence-corrected chi connectivity index (χ2v) is 4.46. The van der Waals surface area contributed by atoms with E-state index >= 15 is 0 Å². The minimum absolute atomic E-state index is 0.647. The fourth-order valence-electron chi connectivity index (χ4n) is 1.67. The molecule has 0 amide bonds. The lowest BCUT2D eigenvalue weighted by Gasteiger charge is -2.10. The zero-order valence-corrected chi connectivity index (χ0v) is 11.6. The fourth-order valence-corrected chi connectivity index (χ4v) is 1.67. The van der Waals surface area contributed by atoms with E-state index in [1.165, 1.54) is 0 Å². The summed E-state index contributed by atoms with van der Waals surface area (Å²) in [4.78, 5) is 13.0. The predicted octanol–water partition coefficient (Wildman–Crippen LogP) is 1.95. The molecule has 2 aromatic heterocycles. The number of hydrogen-bond donors (Lipinski definition) is 2. The quantitative estimate of drug-likeness (QED) is 0.831. The van der Waals surface area contributed by atoms with Gasteiger partial charge in [-0.3, -0.25) is 0 Å². The lowest BCUT2D eigenvalue weighted by atomic mass is 10.3. The first kappa shape index (κ1) is 13.3. The largest absolute Gasteiger partial charge is 0.362 e. The number of imidazole rings is 1. The molecule has 0 spiro atoms. The number of hydrogen-bond acceptors (Lipinski definition) is 5. The molecule has 0 radical (unpaired) electrons. The molecular formula is C13H20N6. The summed E-state index contributed by atoms with van der Waals surface area (Å²) in [6.45, 7) is 5.63. The molecule has 0 aromatic carbocycles. The summed E-state index contributed by atoms with van der Waals surface area (Å²) < 4.78 is 1.99. The van der Waals surface area contributed by atoms with Gasteiger partial charge in [0.25, 0.3) is 0 Å². The fraction of sp³-hybridized carbons (Fsp3) is 0.462. The maximum absolute atomic E-state index is 4.47. The highest BCUT2D eigenvalue weighted by Gasteiger charge is 2.05. The average Bonchev–Trinajstić information content (AvgIpc) is 2.82. The van der Waals surface area contributed by atoms with Gasteiger partial charge in [-0.1, -0.05) is 6.92 Å². The van der Waals surface area contributed by atoms with Crippen molar-refractivity contribution < 1.29 is 0 Å². The van der Waals surface area contributed by atoms with Gasteiger partial charge in [-0.15, -0.1) is 0 Å². The van der Waals surface area contributed by atoms with Crippen LogP contribution < -0.4 is 10.6 Å². The highest BCUT2D eigenvalue weighted by molar-refractivity contribution is 5.46. The summed E-state index contributed by atoms with van der Waals surface area (Å²) in [5, 5.41) is 6.48. The van der Waals surface area contributed by atoms with Gasteiger partial charge in [-0.05, 0) is 13.3 Å². The number of aryl methyl sites for hydroxylation is 2. The number of rotatable bonds is 6. The van der Waals surface area contributed by atoms with Gasteiger partial charge in [0.1, 0.15) is 11.6 Å². The van der Waals surface area contributed by atoms with Gasteiger partial charge in [-0.25, -0.2) is 9.97 Å². The molecule has 0 fully saturated rings. The molecule has 2 rings (SSSR count). The van der Waals surface area contributed by atoms with Gasteiger partial charge in [-0.2, -0.15) is 4.98 Å². The van der Waals surface area contributed by atoms with E-state index in [4.69, 9.17) is 0 Å². The lowest BCUT2D eigenvalue weighted by molar-refractivity contribution is 0.809. The summed E-state index contributed by atoms with van der Waals surface area (Å²) in [5.74, 6) is 2.48. The molecule has 0 unspecified atom stereocenters. The Morgan fingerprint density at radius 3 is 2.79 bits per heavy atom. The van der Waals surface area contributed by atoms with Crippen LogP contribution in [0, 0.1) is 6.92 Å². The Balaban J connectivity index is 2.04. The van der Waals surface area contributed by atoms with E-state index in [-0.39, 0.29) is 0 Å². The zero-order chi connectivity index (χ0) is 13.7. The molecule has 0 atom stereocenters. The van der Waals surface area contributed by atoms with Crippen LogP contribution in [0.15, 0.2) is 18.6 Å². The Morgan fingerprint density at radius 1 is 1.26 bits per heavy atom. The highest BCUT2D eigenvalue weighted by atomic mass is 15.2. The van der Waals surface area contributed by atoms with Crippen LogP contribution in [0.4, 0.5) is 11.8 Å². The second-order valence-electron chi connectivity index (χ2n) is 4.46. The Labute approximate surface area is 113 Å². The van der Waals surface area contributed by atoms with Gasteiger partial charge in [0.05, 0.1) is 6.54 Å². The van der Waals surface area contributed by atoms with Crippen molar-refractivity contribution in [1.82, 2.24) is 19.5 Å². The van der Waals surface area contributed by atoms with Crippen molar-refractivity contribution in [2.45, 2.75) is 26.8 Å². The van der Waals surface area contributed by atoms with Crippen LogP contribution in [-0.2, 0) is 13.6 Å². The normalized spacial score (nSPS) is 10.5. The van der Waals surface area contributed by atoms with Gasteiger partial charge in [0.2, 0.25) is 5.95 Å². The SMILES string of the molecule is CCCNc1ncc(C)c(NCc2nccn2C)n1. The van der Waals surface area contributed by atoms with E-state index in [0.717, 1.165) is 30.2 Å². The minimum Gasteiger partial charge on any atom is -0.362 e. The van der Waals surface area contributed by atoms with E-state index in [2.05, 4.69) is 32.5 Å². The molecule has 0 saturated carbocycles. The molecule has 0 aliphatic carbocycles. The third-order valence-corrected chi connectivity index (χ3v) is 2.84. The Kier molecular flexibility index (Phi) is 4.33. The van der Waals surface area contributed by atoms with Crippen molar-refractivity contribution in [1.29, 1.82) is 0 Å². The van der Waals surface area contributed by atoms with E-state index in [1.54, 1.807) is 6.20 Å². The average molecular weight is 260 g/mol. The number of nitrogens with one attached hydrogen (secondary N) is 2. The summed E-state index contributed by atoms with van der Waals surface area (Å²) in [6, 6.07) is 0. The topological polar surface area (TPSA) is 67.7 Å². The van der Waals surface area contributed by atoms with Crippen LogP contribution in [0.25, 0.3) is 0 Å². The van der Waals surface area contributed by atoms with E-state index < -0.39 is 0 Å². The first-order chi connectivity index (χ1) is 9.20. The van der Waals surface area contributed by atoms with Crippen molar-refractivity contribution in [3.05, 3.63) is 30.0 Å². The Morgan fingerprint density at radius 2 is 2.11 bits per heavy atom. The summed E-state index contributed by atoms with van der Waals surface area (Å²) in [6.07, 6.45) is 6.59. The molecule has 2 heterocycles. The van der Waals surface area contributed by atoms with Crippen LogP contribution in [0.5, 0.6) is 0 Å². The van der Waals surface area contributed by atoms with Crippen LogP contribution in [0.2, 0.25) is 0 Å². The van der Waals surface area contributed by atoms with Crippen molar-refractivity contribution >= 4 is 11.8 Å². The molecule has 6 heteroatoms. The van der Waals surface area contributed by atoms with Gasteiger partial charge >= 0.3 is 0 Å². The molecule has 102 valence electrons. The third-order valence-electron chi connectivity index (χ3n) is 2.84. The van der Waals surface area contributed by atoms with Crippen molar-refractivity contribution in [3.8, 4) is 0 Å². The van der Waals surface area contributed by atoms with Gasteiger partial charge in [0.15, 0.2) is 0 Å². The third kappa shape index (κ3) is 3.43. The lowest BCUT2D eigenvalue weighted by Crippen LogP contribution is -2.10. The van der Waals surface area contributed by atoms with Crippen LogP contribution in [0.1, 0.15) is 24.7 Å². The molecule has 2 aromatic rings. The number of anilines is 2. The van der Waals surface area contributed by atoms with Gasteiger partial charge in [0, 0.05) is 37.7 Å². The first-order valence-electron chi connectivity index (χ1n) is 6.48. The van der Waals surface area contributed by atoms with E-state index in [1.807, 2.05) is 30.9 Å². The predicted molar refractivity (Wildman–Crippen MR) is 76.1 cm³/mol. The van der Waals surface area contributed by atoms with Crippen molar-refractivity contribution in [2.24, 2.45) is 7.05 Å². The van der Waals surface area contributed by atoms with Gasteiger partial charge < -0.3 is 15.2 Å². The Hall–Kier alpha value is -2.11. The molecule has 2 N–H and O–H groups in total. The van der Waals surface area contributed by atoms with Crippen LogP contribution in [0.3, 0.4) is 0 Å². The molecular weight excluding hydrogens is 240 g/mol. The molecule has 0 aliphatic heterocycles. The summed E-state index contributed by atoms with van der Waals surface area (Å²) in [7, 11) is 1.98. The smallest absolute Gasteiger partial charge is 0.224 e. The van der Waals surface area contributed by atoms with E-state index in [9.17, 15) is 0 Å². The molecule has 0 saturated heterocycles. The maximum atomic E-state index is 4.47. The van der Waals surface area contributed by atoms with Crippen molar-refractivity contribution in [2.75, 3.05) is 17.2 Å². The zero-order valence-electron chi connectivity index (χ0n) is 11.6. The number of nitrogens with zero attached hydrogens (tertiary/aromatic N) is 4. The molecule has 0 aliphatic rings. The standard InChI is InChI=1S/C13H20N6/c1-4-5-15-13-17-8-10(2)12(18-13)16-9-11-14-6-7-19(11)3/h6-8H,4-5,9H2,1-3H3,(H2,15,16,17,18). The maximum Gasteiger partial charge on any atom is 0.224 e. The van der Waals surface area contributed by atoms with Crippen molar-refractivity contribution in [3.63, 3.8) is 0 Å². The second kappa shape index (κ2) is 6.17. The first-order valence-corrected chi connectivity index (χ1v) is 6.48. The van der Waals surface area contributed by atoms with Crippen LogP contribution >= 0.6 is 0 Å². The molecule has 19 heavy (non-hydrogen) atoms. The summed E-state index contributed by atoms with van der Waals surface area (Å²) in [5.41, 5.74) is 1.02. The monoisotopic (exact) mass is 260 g/mol. The Bertz CT molecular complexity index is 534. The minimum atomic E-state index is 0.647. The molecule has 6 nitrogen and oxygen atoms in total. The van der Waals surface area contributed by atoms with Crippen LogP contribution in [-0.4, -0.2) is 26.1 Å². The molecule has 0 bridgehead atoms. The highest BCUT2D eigenvalue weighted by Crippen LogP contribution is 2.13. The van der Waals surface area contributed by atoms with E-state index in [0.29, 0.717) is 12.5 Å². The number of aromatic nitrogens is 4. The summed E-state index contributed by atoms with van der Waals surface area (Å²) >= 11 is 0.